The zero-order chi connectivity index (χ0) is 22.4. The monoisotopic (exact) mass is 428 g/mol. The fourth-order valence-electron chi connectivity index (χ4n) is 4.76. The molecule has 2 heterocycles. The molecule has 0 aromatic heterocycles. The molecule has 2 aliphatic rings. The maximum Gasteiger partial charge on any atom is 0.312 e. The van der Waals surface area contributed by atoms with E-state index in [1.165, 1.54) is 12.0 Å². The molecule has 2 atom stereocenters. The quantitative estimate of drug-likeness (QED) is 0.608. The number of hydrogen-bond acceptors (Lipinski definition) is 3. The van der Waals surface area contributed by atoms with Gasteiger partial charge in [0, 0.05) is 39.0 Å². The van der Waals surface area contributed by atoms with Crippen LogP contribution in [0.25, 0.3) is 0 Å². The Morgan fingerprint density at radius 3 is 1.87 bits per heavy atom. The SMILES string of the molecule is CCC(C)c1ccc(OC2CCN(C(=O)C(=O)N3CCC(C(C)CC)CC3)CC2)cc1. The first-order valence-corrected chi connectivity index (χ1v) is 12.3. The lowest BCUT2D eigenvalue weighted by Gasteiger charge is -2.36. The second-order valence-electron chi connectivity index (χ2n) is 9.50. The van der Waals surface area contributed by atoms with E-state index in [1.54, 1.807) is 9.80 Å². The van der Waals surface area contributed by atoms with Gasteiger partial charge in [-0.25, -0.2) is 0 Å². The molecule has 0 aliphatic carbocycles. The number of piperidine rings is 2. The molecule has 31 heavy (non-hydrogen) atoms. The standard InChI is InChI=1S/C26H40N2O3/c1-5-19(3)21-7-9-23(10-8-21)31-24-13-17-28(18-14-24)26(30)25(29)27-15-11-22(12-16-27)20(4)6-2/h7-10,19-20,22,24H,5-6,11-18H2,1-4H3. The van der Waals surface area contributed by atoms with Crippen molar-refractivity contribution in [3.63, 3.8) is 0 Å². The number of ether oxygens (including phenoxy) is 1. The summed E-state index contributed by atoms with van der Waals surface area (Å²) in [5.74, 6) is 2.16. The zero-order valence-electron chi connectivity index (χ0n) is 19.8. The van der Waals surface area contributed by atoms with Gasteiger partial charge < -0.3 is 14.5 Å². The molecular weight excluding hydrogens is 388 g/mol. The van der Waals surface area contributed by atoms with Crippen LogP contribution in [0.15, 0.2) is 24.3 Å². The number of benzene rings is 1. The van der Waals surface area contributed by atoms with Crippen molar-refractivity contribution in [2.45, 2.75) is 78.2 Å². The third kappa shape index (κ3) is 6.02. The van der Waals surface area contributed by atoms with Gasteiger partial charge >= 0.3 is 11.8 Å². The van der Waals surface area contributed by atoms with E-state index in [4.69, 9.17) is 4.74 Å². The number of nitrogens with zero attached hydrogens (tertiary/aromatic N) is 2. The lowest BCUT2D eigenvalue weighted by atomic mass is 9.84. The highest BCUT2D eigenvalue weighted by atomic mass is 16.5. The Balaban J connectivity index is 1.44. The molecule has 0 spiro atoms. The van der Waals surface area contributed by atoms with Crippen LogP contribution >= 0.6 is 0 Å². The molecule has 1 aromatic carbocycles. The fraction of sp³-hybridized carbons (Fsp3) is 0.692. The predicted molar refractivity (Wildman–Crippen MR) is 124 cm³/mol. The average molecular weight is 429 g/mol. The summed E-state index contributed by atoms with van der Waals surface area (Å²) in [7, 11) is 0. The van der Waals surface area contributed by atoms with Crippen molar-refractivity contribution >= 4 is 11.8 Å². The predicted octanol–water partition coefficient (Wildman–Crippen LogP) is 4.85. The maximum absolute atomic E-state index is 12.8. The molecule has 5 heteroatoms. The molecule has 2 fully saturated rings. The molecule has 2 aliphatic heterocycles. The number of carbonyl (C=O) groups excluding carboxylic acids is 2. The van der Waals surface area contributed by atoms with E-state index in [9.17, 15) is 9.59 Å². The summed E-state index contributed by atoms with van der Waals surface area (Å²) in [6, 6.07) is 8.38. The summed E-state index contributed by atoms with van der Waals surface area (Å²) in [5.41, 5.74) is 1.34. The highest BCUT2D eigenvalue weighted by molar-refractivity contribution is 6.34. The molecule has 2 saturated heterocycles. The number of rotatable bonds is 6. The number of amides is 2. The van der Waals surface area contributed by atoms with Gasteiger partial charge in [-0.3, -0.25) is 9.59 Å². The van der Waals surface area contributed by atoms with Gasteiger partial charge in [0.1, 0.15) is 11.9 Å². The second-order valence-corrected chi connectivity index (χ2v) is 9.50. The molecule has 3 rings (SSSR count). The molecule has 0 saturated carbocycles. The highest BCUT2D eigenvalue weighted by Crippen LogP contribution is 2.27. The Bertz CT molecular complexity index is 717. The van der Waals surface area contributed by atoms with Crippen LogP contribution in [0.1, 0.15) is 77.7 Å². The van der Waals surface area contributed by atoms with Crippen LogP contribution in [0.2, 0.25) is 0 Å². The van der Waals surface area contributed by atoms with Gasteiger partial charge in [0.2, 0.25) is 0 Å². The molecule has 5 nitrogen and oxygen atoms in total. The Labute approximate surface area is 188 Å². The third-order valence-electron chi connectivity index (χ3n) is 7.55. The van der Waals surface area contributed by atoms with Gasteiger partial charge in [0.15, 0.2) is 0 Å². The van der Waals surface area contributed by atoms with Crippen LogP contribution in [0.5, 0.6) is 5.75 Å². The first kappa shape index (κ1) is 23.6. The number of carbonyl (C=O) groups is 2. The molecule has 2 unspecified atom stereocenters. The fourth-order valence-corrected chi connectivity index (χ4v) is 4.76. The maximum atomic E-state index is 12.8. The minimum absolute atomic E-state index is 0.0971. The zero-order valence-corrected chi connectivity index (χ0v) is 19.8. The van der Waals surface area contributed by atoms with Gasteiger partial charge in [-0.2, -0.15) is 0 Å². The van der Waals surface area contributed by atoms with Crippen molar-refractivity contribution in [2.75, 3.05) is 26.2 Å². The largest absolute Gasteiger partial charge is 0.490 e. The summed E-state index contributed by atoms with van der Waals surface area (Å²) < 4.78 is 6.14. The Kier molecular flexibility index (Phi) is 8.39. The van der Waals surface area contributed by atoms with E-state index in [2.05, 4.69) is 39.8 Å². The van der Waals surface area contributed by atoms with Crippen molar-refractivity contribution in [3.05, 3.63) is 29.8 Å². The topological polar surface area (TPSA) is 49.9 Å². The minimum Gasteiger partial charge on any atom is -0.490 e. The van der Waals surface area contributed by atoms with Crippen molar-refractivity contribution in [1.82, 2.24) is 9.80 Å². The van der Waals surface area contributed by atoms with Crippen LogP contribution in [0, 0.1) is 11.8 Å². The van der Waals surface area contributed by atoms with Crippen LogP contribution in [-0.4, -0.2) is 53.9 Å². The highest BCUT2D eigenvalue weighted by Gasteiger charge is 2.33. The van der Waals surface area contributed by atoms with E-state index in [1.807, 2.05) is 12.1 Å². The molecule has 1 aromatic rings. The second kappa shape index (κ2) is 11.0. The van der Waals surface area contributed by atoms with Gasteiger partial charge in [-0.15, -0.1) is 0 Å². The normalized spacial score (nSPS) is 20.4. The average Bonchev–Trinajstić information content (AvgIpc) is 2.83. The van der Waals surface area contributed by atoms with E-state index in [0.29, 0.717) is 43.9 Å². The third-order valence-corrected chi connectivity index (χ3v) is 7.55. The summed E-state index contributed by atoms with van der Waals surface area (Å²) in [4.78, 5) is 29.0. The molecule has 0 bridgehead atoms. The number of hydrogen-bond donors (Lipinski definition) is 0. The lowest BCUT2D eigenvalue weighted by Crippen LogP contribution is -2.51. The molecule has 0 radical (unpaired) electrons. The Morgan fingerprint density at radius 2 is 1.39 bits per heavy atom. The summed E-state index contributed by atoms with van der Waals surface area (Å²) in [6.45, 7) is 11.5. The molecule has 172 valence electrons. The van der Waals surface area contributed by atoms with E-state index in [0.717, 1.165) is 37.9 Å². The summed E-state index contributed by atoms with van der Waals surface area (Å²) >= 11 is 0. The first-order valence-electron chi connectivity index (χ1n) is 12.3. The molecular formula is C26H40N2O3. The van der Waals surface area contributed by atoms with Crippen LogP contribution in [0.3, 0.4) is 0 Å². The van der Waals surface area contributed by atoms with E-state index >= 15 is 0 Å². The molecule has 2 amide bonds. The van der Waals surface area contributed by atoms with Crippen molar-refractivity contribution < 1.29 is 14.3 Å². The van der Waals surface area contributed by atoms with Crippen molar-refractivity contribution in [1.29, 1.82) is 0 Å². The smallest absolute Gasteiger partial charge is 0.312 e. The summed E-state index contributed by atoms with van der Waals surface area (Å²) in [6.07, 6.45) is 5.96. The minimum atomic E-state index is -0.335. The van der Waals surface area contributed by atoms with Gasteiger partial charge in [-0.05, 0) is 54.7 Å². The van der Waals surface area contributed by atoms with E-state index in [-0.39, 0.29) is 17.9 Å². The van der Waals surface area contributed by atoms with Gasteiger partial charge in [-0.1, -0.05) is 46.2 Å². The summed E-state index contributed by atoms with van der Waals surface area (Å²) in [5, 5.41) is 0. The van der Waals surface area contributed by atoms with Crippen LogP contribution < -0.4 is 4.74 Å². The van der Waals surface area contributed by atoms with Gasteiger partial charge in [0.25, 0.3) is 0 Å². The Hall–Kier alpha value is -2.04. The Morgan fingerprint density at radius 1 is 0.871 bits per heavy atom. The molecule has 0 N–H and O–H groups in total. The lowest BCUT2D eigenvalue weighted by molar-refractivity contribution is -0.153. The van der Waals surface area contributed by atoms with Crippen molar-refractivity contribution in [3.8, 4) is 5.75 Å². The number of likely N-dealkylation sites (tertiary alicyclic amines) is 2. The first-order chi connectivity index (χ1) is 14.9. The van der Waals surface area contributed by atoms with Crippen LogP contribution in [-0.2, 0) is 9.59 Å². The van der Waals surface area contributed by atoms with Gasteiger partial charge in [0.05, 0.1) is 0 Å². The van der Waals surface area contributed by atoms with Crippen LogP contribution in [0.4, 0.5) is 0 Å². The van der Waals surface area contributed by atoms with Crippen molar-refractivity contribution in [2.24, 2.45) is 11.8 Å². The van der Waals surface area contributed by atoms with E-state index < -0.39 is 0 Å².